The highest BCUT2D eigenvalue weighted by molar-refractivity contribution is 5.97. The van der Waals surface area contributed by atoms with Gasteiger partial charge >= 0.3 is 6.03 Å². The van der Waals surface area contributed by atoms with Crippen molar-refractivity contribution in [3.05, 3.63) is 41.9 Å². The van der Waals surface area contributed by atoms with Crippen LogP contribution in [0, 0.1) is 12.7 Å². The first-order valence-electron chi connectivity index (χ1n) is 7.08. The molecule has 3 rings (SSSR count). The van der Waals surface area contributed by atoms with Crippen LogP contribution >= 0.6 is 0 Å². The number of carbonyl (C=O) groups excluding carboxylic acids is 2. The summed E-state index contributed by atoms with van der Waals surface area (Å²) in [7, 11) is 0. The molecule has 1 atom stereocenters. The molecular formula is C15H15FN4O3. The van der Waals surface area contributed by atoms with Gasteiger partial charge in [-0.25, -0.2) is 9.18 Å². The van der Waals surface area contributed by atoms with Gasteiger partial charge in [0.05, 0.1) is 6.04 Å². The molecule has 0 radical (unpaired) electrons. The third kappa shape index (κ3) is 3.47. The third-order valence-electron chi connectivity index (χ3n) is 3.45. The lowest BCUT2D eigenvalue weighted by Crippen LogP contribution is -2.39. The maximum Gasteiger partial charge on any atom is 0.320 e. The molecule has 8 heteroatoms. The summed E-state index contributed by atoms with van der Waals surface area (Å²) >= 11 is 0. The van der Waals surface area contributed by atoms with Gasteiger partial charge < -0.3 is 14.7 Å². The molecule has 1 aromatic heterocycles. The van der Waals surface area contributed by atoms with Gasteiger partial charge in [0.1, 0.15) is 11.6 Å². The predicted molar refractivity (Wildman–Crippen MR) is 80.6 cm³/mol. The van der Waals surface area contributed by atoms with Crippen LogP contribution in [-0.2, 0) is 4.79 Å². The number of aryl methyl sites for hydroxylation is 1. The summed E-state index contributed by atoms with van der Waals surface area (Å²) in [5.41, 5.74) is 0.479. The number of nitrogens with one attached hydrogen (secondary N) is 2. The van der Waals surface area contributed by atoms with Crippen molar-refractivity contribution in [1.29, 1.82) is 0 Å². The van der Waals surface area contributed by atoms with Crippen LogP contribution in [0.25, 0.3) is 0 Å². The molecule has 0 unspecified atom stereocenters. The molecule has 23 heavy (non-hydrogen) atoms. The first-order chi connectivity index (χ1) is 11.0. The molecular weight excluding hydrogens is 303 g/mol. The smallest absolute Gasteiger partial charge is 0.320 e. The Hall–Kier alpha value is -2.90. The highest BCUT2D eigenvalue weighted by Crippen LogP contribution is 2.22. The van der Waals surface area contributed by atoms with Crippen LogP contribution in [0.5, 0.6) is 0 Å². The Labute approximate surface area is 131 Å². The zero-order chi connectivity index (χ0) is 16.4. The number of amides is 3. The minimum absolute atomic E-state index is 0.155. The quantitative estimate of drug-likeness (QED) is 0.906. The summed E-state index contributed by atoms with van der Waals surface area (Å²) in [6, 6.07) is 6.54. The number of rotatable bonds is 3. The van der Waals surface area contributed by atoms with Crippen LogP contribution in [0.3, 0.4) is 0 Å². The number of benzene rings is 1. The molecule has 3 amide bonds. The fourth-order valence-electron chi connectivity index (χ4n) is 2.46. The second-order valence-electron chi connectivity index (χ2n) is 5.31. The molecule has 7 nitrogen and oxygen atoms in total. The lowest BCUT2D eigenvalue weighted by molar-refractivity contribution is -0.117. The van der Waals surface area contributed by atoms with Crippen LogP contribution in [0.1, 0.15) is 12.2 Å². The van der Waals surface area contributed by atoms with Crippen molar-refractivity contribution in [3.8, 4) is 0 Å². The van der Waals surface area contributed by atoms with Crippen molar-refractivity contribution in [2.45, 2.75) is 19.4 Å². The van der Waals surface area contributed by atoms with Gasteiger partial charge in [0.25, 0.3) is 0 Å². The van der Waals surface area contributed by atoms with E-state index >= 15 is 0 Å². The van der Waals surface area contributed by atoms with E-state index in [1.165, 1.54) is 23.1 Å². The standard InChI is InChI=1S/C15H15FN4O3/c1-9-5-13(19-23-9)18-15(22)17-11-7-14(21)20(8-11)12-4-2-3-10(16)6-12/h2-6,11H,7-8H2,1H3,(H2,17,18,19,22)/t11-/m1/s1. The topological polar surface area (TPSA) is 87.5 Å². The zero-order valence-corrected chi connectivity index (χ0v) is 12.4. The monoisotopic (exact) mass is 318 g/mol. The molecule has 2 N–H and O–H groups in total. The van der Waals surface area contributed by atoms with Crippen molar-refractivity contribution >= 4 is 23.4 Å². The molecule has 0 bridgehead atoms. The predicted octanol–water partition coefficient (Wildman–Crippen LogP) is 2.05. The lowest BCUT2D eigenvalue weighted by atomic mass is 10.2. The molecule has 0 aliphatic carbocycles. The van der Waals surface area contributed by atoms with Gasteiger partial charge in [-0.3, -0.25) is 10.1 Å². The second-order valence-corrected chi connectivity index (χ2v) is 5.31. The van der Waals surface area contributed by atoms with E-state index in [1.54, 1.807) is 19.1 Å². The van der Waals surface area contributed by atoms with Crippen molar-refractivity contribution in [2.24, 2.45) is 0 Å². The van der Waals surface area contributed by atoms with Gasteiger partial charge in [-0.1, -0.05) is 11.2 Å². The maximum absolute atomic E-state index is 13.3. The fourth-order valence-corrected chi connectivity index (χ4v) is 2.46. The average molecular weight is 318 g/mol. The summed E-state index contributed by atoms with van der Waals surface area (Å²) in [6.45, 7) is 2.00. The highest BCUT2D eigenvalue weighted by atomic mass is 19.1. The summed E-state index contributed by atoms with van der Waals surface area (Å²) < 4.78 is 18.1. The lowest BCUT2D eigenvalue weighted by Gasteiger charge is -2.17. The first-order valence-corrected chi connectivity index (χ1v) is 7.08. The molecule has 0 saturated carbocycles. The average Bonchev–Trinajstić information content (AvgIpc) is 3.04. The van der Waals surface area contributed by atoms with E-state index in [1.807, 2.05) is 0 Å². The molecule has 1 aliphatic rings. The SMILES string of the molecule is Cc1cc(NC(=O)N[C@@H]2CC(=O)N(c3cccc(F)c3)C2)no1. The Kier molecular flexibility index (Phi) is 3.96. The van der Waals surface area contributed by atoms with Crippen molar-refractivity contribution in [3.63, 3.8) is 0 Å². The number of aromatic nitrogens is 1. The fraction of sp³-hybridized carbons (Fsp3) is 0.267. The molecule has 2 aromatic rings. The van der Waals surface area contributed by atoms with E-state index in [4.69, 9.17) is 4.52 Å². The zero-order valence-electron chi connectivity index (χ0n) is 12.4. The normalized spacial score (nSPS) is 17.4. The van der Waals surface area contributed by atoms with Gasteiger partial charge in [0.15, 0.2) is 5.82 Å². The maximum atomic E-state index is 13.3. The molecule has 120 valence electrons. The van der Waals surface area contributed by atoms with Crippen LogP contribution in [0.4, 0.5) is 20.7 Å². The van der Waals surface area contributed by atoms with E-state index in [2.05, 4.69) is 15.8 Å². The Morgan fingerprint density at radius 3 is 2.96 bits per heavy atom. The summed E-state index contributed by atoms with van der Waals surface area (Å²) in [5.74, 6) is 0.295. The highest BCUT2D eigenvalue weighted by Gasteiger charge is 2.31. The van der Waals surface area contributed by atoms with Gasteiger partial charge in [-0.2, -0.15) is 0 Å². The van der Waals surface area contributed by atoms with Gasteiger partial charge in [-0.15, -0.1) is 0 Å². The van der Waals surface area contributed by atoms with E-state index in [9.17, 15) is 14.0 Å². The van der Waals surface area contributed by atoms with Crippen LogP contribution in [0.15, 0.2) is 34.9 Å². The number of halogens is 1. The van der Waals surface area contributed by atoms with Gasteiger partial charge in [0.2, 0.25) is 5.91 Å². The Balaban J connectivity index is 1.60. The number of nitrogens with zero attached hydrogens (tertiary/aromatic N) is 2. The van der Waals surface area contributed by atoms with Crippen LogP contribution in [0.2, 0.25) is 0 Å². The van der Waals surface area contributed by atoms with E-state index < -0.39 is 11.8 Å². The third-order valence-corrected chi connectivity index (χ3v) is 3.45. The number of hydrogen-bond acceptors (Lipinski definition) is 4. The Morgan fingerprint density at radius 2 is 2.26 bits per heavy atom. The van der Waals surface area contributed by atoms with Crippen molar-refractivity contribution in [2.75, 3.05) is 16.8 Å². The van der Waals surface area contributed by atoms with Crippen LogP contribution in [-0.4, -0.2) is 29.7 Å². The molecule has 2 heterocycles. The summed E-state index contributed by atoms with van der Waals surface area (Å²) in [5, 5.41) is 8.87. The molecule has 1 fully saturated rings. The number of hydrogen-bond donors (Lipinski definition) is 2. The van der Waals surface area contributed by atoms with E-state index in [0.717, 1.165) is 0 Å². The number of carbonyl (C=O) groups is 2. The largest absolute Gasteiger partial charge is 0.360 e. The summed E-state index contributed by atoms with van der Waals surface area (Å²) in [6.07, 6.45) is 0.155. The Morgan fingerprint density at radius 1 is 1.43 bits per heavy atom. The number of anilines is 2. The Bertz CT molecular complexity index is 746. The minimum atomic E-state index is -0.475. The summed E-state index contributed by atoms with van der Waals surface area (Å²) in [4.78, 5) is 25.4. The van der Waals surface area contributed by atoms with Crippen LogP contribution < -0.4 is 15.5 Å². The molecule has 1 aromatic carbocycles. The molecule has 1 aliphatic heterocycles. The molecule has 0 spiro atoms. The van der Waals surface area contributed by atoms with Crippen molar-refractivity contribution < 1.29 is 18.5 Å². The van der Waals surface area contributed by atoms with Gasteiger partial charge in [0, 0.05) is 24.7 Å². The van der Waals surface area contributed by atoms with E-state index in [0.29, 0.717) is 17.3 Å². The first kappa shape index (κ1) is 15.0. The second kappa shape index (κ2) is 6.07. The molecule has 1 saturated heterocycles. The van der Waals surface area contributed by atoms with Crippen molar-refractivity contribution in [1.82, 2.24) is 10.5 Å². The number of urea groups is 1. The van der Waals surface area contributed by atoms with Gasteiger partial charge in [-0.05, 0) is 25.1 Å². The minimum Gasteiger partial charge on any atom is -0.360 e. The van der Waals surface area contributed by atoms with E-state index in [-0.39, 0.29) is 24.9 Å².